The summed E-state index contributed by atoms with van der Waals surface area (Å²) in [6.45, 7) is 7.71. The maximum absolute atomic E-state index is 13.1. The molecule has 0 bridgehead atoms. The molecule has 0 saturated carbocycles. The van der Waals surface area contributed by atoms with Gasteiger partial charge in [-0.2, -0.15) is 13.2 Å². The molecule has 2 N–H and O–H groups in total. The maximum atomic E-state index is 13.1. The van der Waals surface area contributed by atoms with Crippen molar-refractivity contribution in [3.05, 3.63) is 22.7 Å². The molecular formula is C16H22BClF3NO2. The molecule has 0 radical (unpaired) electrons. The summed E-state index contributed by atoms with van der Waals surface area (Å²) in [7, 11) is -0.985. The first-order valence-electron chi connectivity index (χ1n) is 7.93. The van der Waals surface area contributed by atoms with Crippen molar-refractivity contribution in [2.75, 3.05) is 5.73 Å². The molecule has 0 amide bonds. The van der Waals surface area contributed by atoms with Gasteiger partial charge in [0.15, 0.2) is 0 Å². The number of halogens is 4. The van der Waals surface area contributed by atoms with Crippen LogP contribution in [0, 0.1) is 0 Å². The van der Waals surface area contributed by atoms with Crippen LogP contribution in [0.1, 0.15) is 52.5 Å². The van der Waals surface area contributed by atoms with Crippen LogP contribution in [-0.2, 0) is 15.5 Å². The van der Waals surface area contributed by atoms with E-state index in [0.717, 1.165) is 25.3 Å². The number of alkyl halides is 3. The Hall–Kier alpha value is -0.915. The van der Waals surface area contributed by atoms with Gasteiger partial charge >= 0.3 is 13.3 Å². The van der Waals surface area contributed by atoms with Crippen molar-refractivity contribution in [3.8, 4) is 0 Å². The Kier molecular flexibility index (Phi) is 5.20. The van der Waals surface area contributed by atoms with E-state index in [2.05, 4.69) is 6.92 Å². The van der Waals surface area contributed by atoms with E-state index in [1.165, 1.54) is 6.07 Å². The number of benzene rings is 1. The molecule has 24 heavy (non-hydrogen) atoms. The van der Waals surface area contributed by atoms with E-state index in [1.807, 2.05) is 20.8 Å². The van der Waals surface area contributed by atoms with Crippen LogP contribution >= 0.6 is 11.6 Å². The number of rotatable bonds is 4. The molecule has 1 unspecified atom stereocenters. The summed E-state index contributed by atoms with van der Waals surface area (Å²) in [5.74, 6) is 0. The highest BCUT2D eigenvalue weighted by molar-refractivity contribution is 6.64. The summed E-state index contributed by atoms with van der Waals surface area (Å²) in [4.78, 5) is 0. The first-order chi connectivity index (χ1) is 10.9. The lowest BCUT2D eigenvalue weighted by atomic mass is 9.76. The topological polar surface area (TPSA) is 44.5 Å². The van der Waals surface area contributed by atoms with Crippen LogP contribution in [0.5, 0.6) is 0 Å². The highest BCUT2D eigenvalue weighted by atomic mass is 35.5. The minimum absolute atomic E-state index is 0.0568. The van der Waals surface area contributed by atoms with Gasteiger partial charge < -0.3 is 15.0 Å². The van der Waals surface area contributed by atoms with Crippen LogP contribution in [0.3, 0.4) is 0 Å². The van der Waals surface area contributed by atoms with Crippen molar-refractivity contribution >= 4 is 29.9 Å². The van der Waals surface area contributed by atoms with Crippen molar-refractivity contribution < 1.29 is 22.5 Å². The zero-order valence-corrected chi connectivity index (χ0v) is 15.0. The second-order valence-electron chi connectivity index (χ2n) is 6.87. The SMILES string of the molecule is CCCCC1(C)OB(c2cc(Cl)cc(C(F)(F)F)c2N)OC1(C)C. The van der Waals surface area contributed by atoms with Crippen molar-refractivity contribution in [1.82, 2.24) is 0 Å². The second kappa shape index (κ2) is 6.43. The highest BCUT2D eigenvalue weighted by Gasteiger charge is 2.55. The third kappa shape index (κ3) is 3.53. The van der Waals surface area contributed by atoms with Crippen LogP contribution in [-0.4, -0.2) is 18.3 Å². The van der Waals surface area contributed by atoms with Crippen LogP contribution in [0.15, 0.2) is 12.1 Å². The number of unbranched alkanes of at least 4 members (excludes halogenated alkanes) is 1. The predicted molar refractivity (Wildman–Crippen MR) is 90.4 cm³/mol. The molecule has 0 spiro atoms. The molecule has 2 rings (SSSR count). The average Bonchev–Trinajstić information content (AvgIpc) is 2.68. The van der Waals surface area contributed by atoms with E-state index in [0.29, 0.717) is 0 Å². The number of hydrogen-bond donors (Lipinski definition) is 1. The van der Waals surface area contributed by atoms with Gasteiger partial charge in [-0.1, -0.05) is 31.4 Å². The fraction of sp³-hybridized carbons (Fsp3) is 0.625. The van der Waals surface area contributed by atoms with Gasteiger partial charge in [0.25, 0.3) is 0 Å². The summed E-state index contributed by atoms with van der Waals surface area (Å²) in [6.07, 6.45) is -1.95. The molecule has 1 aliphatic rings. The van der Waals surface area contributed by atoms with Crippen LogP contribution in [0.4, 0.5) is 18.9 Å². The molecule has 134 valence electrons. The number of nitrogen functional groups attached to an aromatic ring is 1. The summed E-state index contributed by atoms with van der Waals surface area (Å²) < 4.78 is 51.4. The predicted octanol–water partition coefficient (Wildman–Crippen LogP) is 4.41. The second-order valence-corrected chi connectivity index (χ2v) is 7.30. The van der Waals surface area contributed by atoms with Gasteiger partial charge in [-0.15, -0.1) is 0 Å². The molecule has 1 fully saturated rings. The van der Waals surface area contributed by atoms with Gasteiger partial charge in [-0.05, 0) is 39.3 Å². The lowest BCUT2D eigenvalue weighted by Crippen LogP contribution is -2.44. The number of hydrogen-bond acceptors (Lipinski definition) is 3. The molecule has 1 aromatic rings. The molecule has 1 atom stereocenters. The fourth-order valence-electron chi connectivity index (χ4n) is 2.86. The lowest BCUT2D eigenvalue weighted by Gasteiger charge is -2.36. The van der Waals surface area contributed by atoms with E-state index in [9.17, 15) is 13.2 Å². The summed E-state index contributed by atoms with van der Waals surface area (Å²) in [5, 5.41) is -0.0568. The van der Waals surface area contributed by atoms with E-state index in [4.69, 9.17) is 26.6 Å². The van der Waals surface area contributed by atoms with Gasteiger partial charge in [0.2, 0.25) is 0 Å². The summed E-state index contributed by atoms with van der Waals surface area (Å²) >= 11 is 5.87. The minimum Gasteiger partial charge on any atom is -0.399 e. The van der Waals surface area contributed by atoms with E-state index in [1.54, 1.807) is 0 Å². The van der Waals surface area contributed by atoms with Crippen molar-refractivity contribution in [2.45, 2.75) is 64.3 Å². The Balaban J connectivity index is 2.42. The van der Waals surface area contributed by atoms with Crippen molar-refractivity contribution in [3.63, 3.8) is 0 Å². The third-order valence-electron chi connectivity index (χ3n) is 4.79. The molecule has 0 aromatic heterocycles. The zero-order chi connectivity index (χ0) is 18.3. The molecule has 1 aliphatic heterocycles. The van der Waals surface area contributed by atoms with Gasteiger partial charge in [0.1, 0.15) is 0 Å². The van der Waals surface area contributed by atoms with Crippen LogP contribution in [0.2, 0.25) is 5.02 Å². The smallest absolute Gasteiger partial charge is 0.399 e. The quantitative estimate of drug-likeness (QED) is 0.636. The molecule has 1 saturated heterocycles. The Morgan fingerprint density at radius 2 is 1.83 bits per heavy atom. The molecule has 3 nitrogen and oxygen atoms in total. The minimum atomic E-state index is -4.59. The third-order valence-corrected chi connectivity index (χ3v) is 5.00. The highest BCUT2D eigenvalue weighted by Crippen LogP contribution is 2.42. The average molecular weight is 364 g/mol. The Bertz CT molecular complexity index is 624. The van der Waals surface area contributed by atoms with Crippen molar-refractivity contribution in [1.29, 1.82) is 0 Å². The molecule has 8 heteroatoms. The fourth-order valence-corrected chi connectivity index (χ4v) is 3.09. The number of anilines is 1. The Morgan fingerprint density at radius 1 is 1.21 bits per heavy atom. The number of nitrogens with two attached hydrogens (primary N) is 1. The molecule has 0 aliphatic carbocycles. The van der Waals surface area contributed by atoms with E-state index >= 15 is 0 Å². The molecular weight excluding hydrogens is 341 g/mol. The lowest BCUT2D eigenvalue weighted by molar-refractivity contribution is -0.136. The van der Waals surface area contributed by atoms with Gasteiger partial charge in [0, 0.05) is 16.2 Å². The molecule has 1 heterocycles. The van der Waals surface area contributed by atoms with Gasteiger partial charge in [-0.3, -0.25) is 0 Å². The van der Waals surface area contributed by atoms with Crippen molar-refractivity contribution in [2.24, 2.45) is 0 Å². The molecule has 1 aromatic carbocycles. The maximum Gasteiger partial charge on any atom is 0.497 e. The monoisotopic (exact) mass is 363 g/mol. The van der Waals surface area contributed by atoms with Crippen LogP contribution in [0.25, 0.3) is 0 Å². The summed E-state index contributed by atoms with van der Waals surface area (Å²) in [5.41, 5.74) is 3.20. The Labute approximate surface area is 145 Å². The summed E-state index contributed by atoms with van der Waals surface area (Å²) in [6, 6.07) is 2.19. The van der Waals surface area contributed by atoms with Gasteiger partial charge in [0.05, 0.1) is 16.8 Å². The Morgan fingerprint density at radius 3 is 2.38 bits per heavy atom. The first-order valence-corrected chi connectivity index (χ1v) is 8.31. The normalized spacial score (nSPS) is 23.8. The first kappa shape index (κ1) is 19.4. The standard InChI is InChI=1S/C16H22BClF3NO2/c1-5-6-7-15(4)14(2,3)23-17(24-15)12-9-10(18)8-11(13(12)22)16(19,20)21/h8-9H,5-7,22H2,1-4H3. The van der Waals surface area contributed by atoms with E-state index in [-0.39, 0.29) is 10.5 Å². The zero-order valence-electron chi connectivity index (χ0n) is 14.3. The van der Waals surface area contributed by atoms with Crippen LogP contribution < -0.4 is 11.2 Å². The van der Waals surface area contributed by atoms with Gasteiger partial charge in [-0.25, -0.2) is 0 Å². The van der Waals surface area contributed by atoms with E-state index < -0.39 is 35.7 Å². The largest absolute Gasteiger partial charge is 0.497 e.